The molecular formula is C19H24N2O4S. The normalized spacial score (nSPS) is 11.5. The smallest absolute Gasteiger partial charge is 0.338 e. The van der Waals surface area contributed by atoms with Gasteiger partial charge in [-0.2, -0.15) is 4.31 Å². The second-order valence-electron chi connectivity index (χ2n) is 5.90. The lowest BCUT2D eigenvalue weighted by atomic mass is 10.1. The molecule has 0 spiro atoms. The Bertz CT molecular complexity index is 851. The van der Waals surface area contributed by atoms with Gasteiger partial charge in [0.1, 0.15) is 0 Å². The van der Waals surface area contributed by atoms with Gasteiger partial charge >= 0.3 is 5.97 Å². The van der Waals surface area contributed by atoms with Crippen LogP contribution in [0.4, 0.5) is 0 Å². The Balaban J connectivity index is 2.30. The van der Waals surface area contributed by atoms with Crippen molar-refractivity contribution < 1.29 is 17.9 Å². The Hall–Kier alpha value is -2.22. The van der Waals surface area contributed by atoms with Gasteiger partial charge in [-0.25, -0.2) is 13.2 Å². The summed E-state index contributed by atoms with van der Waals surface area (Å²) in [5.41, 5.74) is 7.56. The maximum atomic E-state index is 13.0. The van der Waals surface area contributed by atoms with Gasteiger partial charge in [-0.1, -0.05) is 36.4 Å². The van der Waals surface area contributed by atoms with Crippen molar-refractivity contribution in [1.82, 2.24) is 4.31 Å². The minimum atomic E-state index is -3.77. The second-order valence-corrected chi connectivity index (χ2v) is 7.83. The van der Waals surface area contributed by atoms with Crippen molar-refractivity contribution in [2.24, 2.45) is 5.73 Å². The zero-order valence-corrected chi connectivity index (χ0v) is 15.8. The van der Waals surface area contributed by atoms with Crippen LogP contribution in [0.3, 0.4) is 0 Å². The first kappa shape index (κ1) is 20.1. The van der Waals surface area contributed by atoms with Gasteiger partial charge in [-0.05, 0) is 36.6 Å². The van der Waals surface area contributed by atoms with Crippen LogP contribution in [0.2, 0.25) is 0 Å². The van der Waals surface area contributed by atoms with Crippen molar-refractivity contribution in [2.45, 2.75) is 18.2 Å². The summed E-state index contributed by atoms with van der Waals surface area (Å²) in [4.78, 5) is 11.9. The molecule has 140 valence electrons. The molecule has 0 aliphatic heterocycles. The first-order valence-electron chi connectivity index (χ1n) is 8.33. The standard InChI is InChI=1S/C19H24N2O4S/c1-15-8-9-17(14-18(15)19(22)25-2)26(23,24)21(13-11-20)12-10-16-6-4-3-5-7-16/h3-9,14H,10-13,20H2,1-2H3. The van der Waals surface area contributed by atoms with E-state index in [-0.39, 0.29) is 23.5 Å². The molecule has 0 amide bonds. The van der Waals surface area contributed by atoms with Crippen LogP contribution >= 0.6 is 0 Å². The van der Waals surface area contributed by atoms with E-state index in [0.717, 1.165) is 5.56 Å². The zero-order valence-electron chi connectivity index (χ0n) is 15.0. The molecule has 0 heterocycles. The van der Waals surface area contributed by atoms with E-state index in [1.165, 1.54) is 23.5 Å². The summed E-state index contributed by atoms with van der Waals surface area (Å²) < 4.78 is 32.2. The Kier molecular flexibility index (Phi) is 6.90. The van der Waals surface area contributed by atoms with Crippen molar-refractivity contribution >= 4 is 16.0 Å². The first-order chi connectivity index (χ1) is 12.4. The van der Waals surface area contributed by atoms with Crippen molar-refractivity contribution in [2.75, 3.05) is 26.7 Å². The molecule has 2 aromatic rings. The molecule has 7 heteroatoms. The summed E-state index contributed by atoms with van der Waals surface area (Å²) in [6.07, 6.45) is 0.579. The molecule has 0 saturated carbocycles. The van der Waals surface area contributed by atoms with Gasteiger partial charge in [0.25, 0.3) is 0 Å². The lowest BCUT2D eigenvalue weighted by Gasteiger charge is -2.22. The van der Waals surface area contributed by atoms with Crippen LogP contribution in [0.1, 0.15) is 21.5 Å². The highest BCUT2D eigenvalue weighted by molar-refractivity contribution is 7.89. The van der Waals surface area contributed by atoms with Gasteiger partial charge in [0, 0.05) is 19.6 Å². The number of carbonyl (C=O) groups is 1. The maximum absolute atomic E-state index is 13.0. The van der Waals surface area contributed by atoms with Crippen molar-refractivity contribution in [1.29, 1.82) is 0 Å². The van der Waals surface area contributed by atoms with Crippen LogP contribution < -0.4 is 5.73 Å². The lowest BCUT2D eigenvalue weighted by Crippen LogP contribution is -2.37. The molecule has 0 fully saturated rings. The maximum Gasteiger partial charge on any atom is 0.338 e. The number of hydrogen-bond acceptors (Lipinski definition) is 5. The quantitative estimate of drug-likeness (QED) is 0.712. The van der Waals surface area contributed by atoms with Gasteiger partial charge in [0.2, 0.25) is 10.0 Å². The highest BCUT2D eigenvalue weighted by Crippen LogP contribution is 2.20. The molecule has 0 bridgehead atoms. The van der Waals surface area contributed by atoms with Gasteiger partial charge in [-0.3, -0.25) is 0 Å². The molecule has 2 N–H and O–H groups in total. The average Bonchev–Trinajstić information content (AvgIpc) is 2.65. The summed E-state index contributed by atoms with van der Waals surface area (Å²) >= 11 is 0. The molecule has 2 aromatic carbocycles. The lowest BCUT2D eigenvalue weighted by molar-refractivity contribution is 0.0599. The van der Waals surface area contributed by atoms with Crippen molar-refractivity contribution in [3.63, 3.8) is 0 Å². The molecule has 0 aromatic heterocycles. The average molecular weight is 376 g/mol. The van der Waals surface area contributed by atoms with E-state index in [0.29, 0.717) is 18.5 Å². The van der Waals surface area contributed by atoms with E-state index in [9.17, 15) is 13.2 Å². The molecule has 0 saturated heterocycles. The molecule has 0 aliphatic carbocycles. The number of methoxy groups -OCH3 is 1. The summed E-state index contributed by atoms with van der Waals surface area (Å²) in [7, 11) is -2.50. The Morgan fingerprint density at radius 2 is 1.81 bits per heavy atom. The SMILES string of the molecule is COC(=O)c1cc(S(=O)(=O)N(CCN)CCc2ccccc2)ccc1C. The Morgan fingerprint density at radius 1 is 1.12 bits per heavy atom. The van der Waals surface area contributed by atoms with E-state index in [1.807, 2.05) is 30.3 Å². The zero-order chi connectivity index (χ0) is 19.2. The van der Waals surface area contributed by atoms with E-state index >= 15 is 0 Å². The Labute approximate surface area is 154 Å². The van der Waals surface area contributed by atoms with Crippen LogP contribution in [-0.2, 0) is 21.2 Å². The fourth-order valence-electron chi connectivity index (χ4n) is 2.64. The minimum Gasteiger partial charge on any atom is -0.465 e. The minimum absolute atomic E-state index is 0.0602. The largest absolute Gasteiger partial charge is 0.465 e. The van der Waals surface area contributed by atoms with Gasteiger partial charge < -0.3 is 10.5 Å². The van der Waals surface area contributed by atoms with Crippen LogP contribution in [0.5, 0.6) is 0 Å². The van der Waals surface area contributed by atoms with E-state index in [1.54, 1.807) is 13.0 Å². The van der Waals surface area contributed by atoms with E-state index in [4.69, 9.17) is 10.5 Å². The number of hydrogen-bond donors (Lipinski definition) is 1. The highest BCUT2D eigenvalue weighted by atomic mass is 32.2. The molecule has 6 nitrogen and oxygen atoms in total. The number of rotatable bonds is 8. The fourth-order valence-corrected chi connectivity index (χ4v) is 4.12. The van der Waals surface area contributed by atoms with Crippen LogP contribution in [-0.4, -0.2) is 45.4 Å². The number of sulfonamides is 1. The fraction of sp³-hybridized carbons (Fsp3) is 0.316. The van der Waals surface area contributed by atoms with Gasteiger partial charge in [0.05, 0.1) is 17.6 Å². The first-order valence-corrected chi connectivity index (χ1v) is 9.77. The molecule has 0 aliphatic rings. The number of aryl methyl sites for hydroxylation is 1. The summed E-state index contributed by atoms with van der Waals surface area (Å²) in [5.74, 6) is -0.561. The predicted molar refractivity (Wildman–Crippen MR) is 100 cm³/mol. The third-order valence-corrected chi connectivity index (χ3v) is 6.02. The molecule has 26 heavy (non-hydrogen) atoms. The van der Waals surface area contributed by atoms with Crippen LogP contribution in [0.25, 0.3) is 0 Å². The molecular weight excluding hydrogens is 352 g/mol. The monoisotopic (exact) mass is 376 g/mol. The third kappa shape index (κ3) is 4.69. The predicted octanol–water partition coefficient (Wildman–Crippen LogP) is 1.97. The van der Waals surface area contributed by atoms with Crippen molar-refractivity contribution in [3.05, 3.63) is 65.2 Å². The van der Waals surface area contributed by atoms with Crippen LogP contribution in [0.15, 0.2) is 53.4 Å². The third-order valence-electron chi connectivity index (χ3n) is 4.12. The van der Waals surface area contributed by atoms with Gasteiger partial charge in [0.15, 0.2) is 0 Å². The summed E-state index contributed by atoms with van der Waals surface area (Å²) in [6, 6.07) is 14.1. The summed E-state index contributed by atoms with van der Waals surface area (Å²) in [5, 5.41) is 0. The summed E-state index contributed by atoms with van der Waals surface area (Å²) in [6.45, 7) is 2.46. The number of esters is 1. The number of ether oxygens (including phenoxy) is 1. The Morgan fingerprint density at radius 3 is 2.42 bits per heavy atom. The molecule has 0 radical (unpaired) electrons. The molecule has 0 unspecified atom stereocenters. The van der Waals surface area contributed by atoms with Crippen molar-refractivity contribution in [3.8, 4) is 0 Å². The molecule has 0 atom stereocenters. The van der Waals surface area contributed by atoms with Crippen LogP contribution in [0, 0.1) is 6.92 Å². The molecule has 2 rings (SSSR count). The van der Waals surface area contributed by atoms with E-state index in [2.05, 4.69) is 0 Å². The number of carbonyl (C=O) groups excluding carboxylic acids is 1. The number of nitrogens with zero attached hydrogens (tertiary/aromatic N) is 1. The highest BCUT2D eigenvalue weighted by Gasteiger charge is 2.25. The van der Waals surface area contributed by atoms with Gasteiger partial charge in [-0.15, -0.1) is 0 Å². The second kappa shape index (κ2) is 8.93. The van der Waals surface area contributed by atoms with E-state index < -0.39 is 16.0 Å². The number of benzene rings is 2. The topological polar surface area (TPSA) is 89.7 Å². The number of nitrogens with two attached hydrogens (primary N) is 1.